The summed E-state index contributed by atoms with van der Waals surface area (Å²) in [6.07, 6.45) is 1.91. The van der Waals surface area contributed by atoms with E-state index in [0.717, 1.165) is 24.8 Å². The molecule has 1 heterocycles. The minimum atomic E-state index is 0.559. The van der Waals surface area contributed by atoms with Crippen LogP contribution in [-0.2, 0) is 0 Å². The van der Waals surface area contributed by atoms with E-state index in [-0.39, 0.29) is 0 Å². The van der Waals surface area contributed by atoms with Gasteiger partial charge in [0.2, 0.25) is 0 Å². The Morgan fingerprint density at radius 2 is 2.13 bits per heavy atom. The zero-order valence-corrected chi connectivity index (χ0v) is 10.9. The van der Waals surface area contributed by atoms with Gasteiger partial charge in [0.1, 0.15) is 0 Å². The molecule has 0 fully saturated rings. The van der Waals surface area contributed by atoms with Crippen molar-refractivity contribution in [1.82, 2.24) is 9.88 Å². The molecule has 86 valence electrons. The molecule has 1 unspecified atom stereocenters. The van der Waals surface area contributed by atoms with E-state index in [1.54, 1.807) is 11.3 Å². The first-order valence-corrected chi connectivity index (χ1v) is 6.39. The maximum Gasteiger partial charge on any atom is 0.182 e. The van der Waals surface area contributed by atoms with E-state index < -0.39 is 0 Å². The Balaban J connectivity index is 2.36. The van der Waals surface area contributed by atoms with Gasteiger partial charge in [-0.05, 0) is 26.9 Å². The molecule has 0 bridgehead atoms. The van der Waals surface area contributed by atoms with Crippen molar-refractivity contribution in [3.05, 3.63) is 11.1 Å². The molecule has 1 aromatic rings. The van der Waals surface area contributed by atoms with Crippen LogP contribution in [-0.4, -0.2) is 35.6 Å². The Morgan fingerprint density at radius 1 is 1.47 bits per heavy atom. The highest BCUT2D eigenvalue weighted by Gasteiger charge is 2.09. The van der Waals surface area contributed by atoms with Gasteiger partial charge in [0.25, 0.3) is 0 Å². The predicted octanol–water partition coefficient (Wildman–Crippen LogP) is 2.59. The minimum Gasteiger partial charge on any atom is -0.360 e. The molecular weight excluding hydrogens is 206 g/mol. The number of anilines is 1. The molecule has 15 heavy (non-hydrogen) atoms. The highest BCUT2D eigenvalue weighted by atomic mass is 32.1. The Labute approximate surface area is 96.5 Å². The molecule has 1 atom stereocenters. The standard InChI is InChI=1S/C11H21N3S/c1-5-14(6-2)9(3)7-12-11-13-8-10(4)15-11/h8-9H,5-7H2,1-4H3,(H,12,13). The van der Waals surface area contributed by atoms with Gasteiger partial charge < -0.3 is 5.32 Å². The fraction of sp³-hybridized carbons (Fsp3) is 0.727. The van der Waals surface area contributed by atoms with Crippen molar-refractivity contribution in [2.75, 3.05) is 25.0 Å². The minimum absolute atomic E-state index is 0.559. The highest BCUT2D eigenvalue weighted by Crippen LogP contribution is 2.16. The van der Waals surface area contributed by atoms with E-state index in [1.165, 1.54) is 4.88 Å². The van der Waals surface area contributed by atoms with Crippen molar-refractivity contribution in [1.29, 1.82) is 0 Å². The van der Waals surface area contributed by atoms with Gasteiger partial charge in [-0.3, -0.25) is 4.90 Å². The lowest BCUT2D eigenvalue weighted by Gasteiger charge is -2.26. The summed E-state index contributed by atoms with van der Waals surface area (Å²) in [7, 11) is 0. The second-order valence-electron chi connectivity index (χ2n) is 3.73. The lowest BCUT2D eigenvalue weighted by atomic mass is 10.3. The summed E-state index contributed by atoms with van der Waals surface area (Å²) in [5, 5.41) is 4.41. The number of likely N-dealkylation sites (N-methyl/N-ethyl adjacent to an activating group) is 1. The van der Waals surface area contributed by atoms with Crippen molar-refractivity contribution < 1.29 is 0 Å². The third kappa shape index (κ3) is 3.80. The molecule has 1 N–H and O–H groups in total. The maximum atomic E-state index is 4.29. The first kappa shape index (κ1) is 12.5. The van der Waals surface area contributed by atoms with Crippen LogP contribution in [0, 0.1) is 6.92 Å². The van der Waals surface area contributed by atoms with Gasteiger partial charge in [-0.1, -0.05) is 13.8 Å². The summed E-state index contributed by atoms with van der Waals surface area (Å²) in [6.45, 7) is 11.9. The summed E-state index contributed by atoms with van der Waals surface area (Å²) < 4.78 is 0. The zero-order chi connectivity index (χ0) is 11.3. The fourth-order valence-corrected chi connectivity index (χ4v) is 2.32. The van der Waals surface area contributed by atoms with E-state index in [0.29, 0.717) is 6.04 Å². The van der Waals surface area contributed by atoms with E-state index in [4.69, 9.17) is 0 Å². The number of nitrogens with one attached hydrogen (secondary N) is 1. The molecule has 1 aromatic heterocycles. The number of nitrogens with zero attached hydrogens (tertiary/aromatic N) is 2. The van der Waals surface area contributed by atoms with Crippen LogP contribution in [0.25, 0.3) is 0 Å². The van der Waals surface area contributed by atoms with Crippen molar-refractivity contribution >= 4 is 16.5 Å². The van der Waals surface area contributed by atoms with Gasteiger partial charge in [-0.25, -0.2) is 4.98 Å². The summed E-state index contributed by atoms with van der Waals surface area (Å²) in [5.74, 6) is 0. The van der Waals surface area contributed by atoms with Gasteiger partial charge in [0.05, 0.1) is 0 Å². The van der Waals surface area contributed by atoms with Crippen LogP contribution >= 0.6 is 11.3 Å². The summed E-state index contributed by atoms with van der Waals surface area (Å²) >= 11 is 1.72. The molecule has 0 spiro atoms. The van der Waals surface area contributed by atoms with Crippen LogP contribution < -0.4 is 5.32 Å². The maximum absolute atomic E-state index is 4.29. The molecule has 0 radical (unpaired) electrons. The number of hydrogen-bond acceptors (Lipinski definition) is 4. The molecule has 0 saturated carbocycles. The normalized spacial score (nSPS) is 13.1. The lowest BCUT2D eigenvalue weighted by molar-refractivity contribution is 0.240. The zero-order valence-electron chi connectivity index (χ0n) is 10.1. The van der Waals surface area contributed by atoms with Crippen LogP contribution in [0.15, 0.2) is 6.20 Å². The monoisotopic (exact) mass is 227 g/mol. The fourth-order valence-electron chi connectivity index (χ4n) is 1.65. The Bertz CT molecular complexity index is 281. The SMILES string of the molecule is CCN(CC)C(C)CNc1ncc(C)s1. The number of aryl methyl sites for hydroxylation is 1. The number of hydrogen-bond donors (Lipinski definition) is 1. The van der Waals surface area contributed by atoms with Crippen molar-refractivity contribution in [3.8, 4) is 0 Å². The Hall–Kier alpha value is -0.610. The molecule has 3 nitrogen and oxygen atoms in total. The summed E-state index contributed by atoms with van der Waals surface area (Å²) in [6, 6.07) is 0.559. The quantitative estimate of drug-likeness (QED) is 0.809. The topological polar surface area (TPSA) is 28.2 Å². The van der Waals surface area contributed by atoms with Gasteiger partial charge in [-0.15, -0.1) is 11.3 Å². The van der Waals surface area contributed by atoms with Crippen molar-refractivity contribution in [2.24, 2.45) is 0 Å². The lowest BCUT2D eigenvalue weighted by Crippen LogP contribution is -2.37. The molecular formula is C11H21N3S. The number of aromatic nitrogens is 1. The van der Waals surface area contributed by atoms with Crippen LogP contribution in [0.3, 0.4) is 0 Å². The molecule has 0 aliphatic carbocycles. The van der Waals surface area contributed by atoms with Gasteiger partial charge in [0, 0.05) is 23.7 Å². The number of rotatable bonds is 6. The molecule has 0 aliphatic heterocycles. The molecule has 0 aliphatic rings. The number of thiazole rings is 1. The molecule has 0 amide bonds. The van der Waals surface area contributed by atoms with E-state index in [9.17, 15) is 0 Å². The largest absolute Gasteiger partial charge is 0.360 e. The molecule has 0 aromatic carbocycles. The predicted molar refractivity (Wildman–Crippen MR) is 67.7 cm³/mol. The second kappa shape index (κ2) is 6.08. The van der Waals surface area contributed by atoms with Crippen LogP contribution in [0.4, 0.5) is 5.13 Å². The first-order valence-electron chi connectivity index (χ1n) is 5.57. The summed E-state index contributed by atoms with van der Waals surface area (Å²) in [5.41, 5.74) is 0. The highest BCUT2D eigenvalue weighted by molar-refractivity contribution is 7.15. The average molecular weight is 227 g/mol. The molecule has 1 rings (SSSR count). The molecule has 0 saturated heterocycles. The second-order valence-corrected chi connectivity index (χ2v) is 4.96. The smallest absolute Gasteiger partial charge is 0.182 e. The van der Waals surface area contributed by atoms with Crippen molar-refractivity contribution in [2.45, 2.75) is 33.7 Å². The Kier molecular flexibility index (Phi) is 5.05. The first-order chi connectivity index (χ1) is 7.17. The van der Waals surface area contributed by atoms with Crippen LogP contribution in [0.1, 0.15) is 25.6 Å². The Morgan fingerprint density at radius 3 is 2.60 bits per heavy atom. The van der Waals surface area contributed by atoms with Gasteiger partial charge >= 0.3 is 0 Å². The van der Waals surface area contributed by atoms with E-state index >= 15 is 0 Å². The van der Waals surface area contributed by atoms with Gasteiger partial charge in [-0.2, -0.15) is 0 Å². The van der Waals surface area contributed by atoms with E-state index in [2.05, 4.69) is 42.9 Å². The molecule has 4 heteroatoms. The van der Waals surface area contributed by atoms with Gasteiger partial charge in [0.15, 0.2) is 5.13 Å². The van der Waals surface area contributed by atoms with Crippen molar-refractivity contribution in [3.63, 3.8) is 0 Å². The third-order valence-corrected chi connectivity index (χ3v) is 3.48. The third-order valence-electron chi connectivity index (χ3n) is 2.61. The van der Waals surface area contributed by atoms with E-state index in [1.807, 2.05) is 6.20 Å². The van der Waals surface area contributed by atoms with Crippen LogP contribution in [0.2, 0.25) is 0 Å². The summed E-state index contributed by atoms with van der Waals surface area (Å²) in [4.78, 5) is 7.98. The average Bonchev–Trinajstić information content (AvgIpc) is 2.63. The van der Waals surface area contributed by atoms with Crippen LogP contribution in [0.5, 0.6) is 0 Å².